The number of carboxylic acids is 1. The maximum atomic E-state index is 15.4. The van der Waals surface area contributed by atoms with Crippen LogP contribution in [-0.4, -0.2) is 93.7 Å². The number of hydrogen-bond acceptors (Lipinski definition) is 7. The van der Waals surface area contributed by atoms with E-state index in [9.17, 15) is 29.1 Å². The molecule has 47 heavy (non-hydrogen) atoms. The van der Waals surface area contributed by atoms with E-state index in [0.29, 0.717) is 61.9 Å². The first-order chi connectivity index (χ1) is 22.5. The highest BCUT2D eigenvalue weighted by molar-refractivity contribution is 8.00. The summed E-state index contributed by atoms with van der Waals surface area (Å²) in [6.07, 6.45) is 6.60. The number of unbranched alkanes of at least 4 members (excludes halogenated alkanes) is 1. The lowest BCUT2D eigenvalue weighted by molar-refractivity contribution is -0.138. The van der Waals surface area contributed by atoms with Crippen molar-refractivity contribution in [2.75, 3.05) is 36.8 Å². The Balaban J connectivity index is 1.05. The van der Waals surface area contributed by atoms with E-state index in [0.717, 1.165) is 37.5 Å². The second-order valence-corrected chi connectivity index (χ2v) is 14.5. The number of halogens is 1. The van der Waals surface area contributed by atoms with Gasteiger partial charge in [-0.05, 0) is 43.7 Å². The van der Waals surface area contributed by atoms with Gasteiger partial charge < -0.3 is 35.4 Å². The van der Waals surface area contributed by atoms with Crippen LogP contribution in [0.15, 0.2) is 23.1 Å². The number of urea groups is 1. The van der Waals surface area contributed by atoms with Crippen molar-refractivity contribution in [3.05, 3.63) is 39.9 Å². The van der Waals surface area contributed by atoms with Crippen LogP contribution >= 0.6 is 11.8 Å². The molecule has 0 radical (unpaired) electrons. The summed E-state index contributed by atoms with van der Waals surface area (Å²) >= 11 is 1.85. The molecule has 1 aromatic carbocycles. The third-order valence-electron chi connectivity index (χ3n) is 10.1. The van der Waals surface area contributed by atoms with E-state index in [-0.39, 0.29) is 52.8 Å². The number of aromatic nitrogens is 1. The second kappa shape index (κ2) is 13.7. The summed E-state index contributed by atoms with van der Waals surface area (Å²) in [5.41, 5.74) is -0.256. The van der Waals surface area contributed by atoms with Crippen molar-refractivity contribution < 1.29 is 28.7 Å². The highest BCUT2D eigenvalue weighted by Crippen LogP contribution is 2.38. The van der Waals surface area contributed by atoms with Crippen molar-refractivity contribution in [3.8, 4) is 0 Å². The quantitative estimate of drug-likeness (QED) is 0.199. The summed E-state index contributed by atoms with van der Waals surface area (Å²) in [6.45, 7) is 5.37. The number of hydrogen-bond donors (Lipinski definition) is 4. The minimum absolute atomic E-state index is 0.0460. The minimum atomic E-state index is -1.33. The van der Waals surface area contributed by atoms with Gasteiger partial charge in [0.15, 0.2) is 0 Å². The largest absolute Gasteiger partial charge is 0.477 e. The topological polar surface area (TPSA) is 153 Å². The average Bonchev–Trinajstić information content (AvgIpc) is 3.74. The Hall–Kier alpha value is -3.81. The molecule has 0 unspecified atom stereocenters. The van der Waals surface area contributed by atoms with E-state index >= 15 is 4.39 Å². The van der Waals surface area contributed by atoms with Gasteiger partial charge in [-0.2, -0.15) is 11.8 Å². The van der Waals surface area contributed by atoms with E-state index in [4.69, 9.17) is 0 Å². The smallest absolute Gasteiger partial charge is 0.341 e. The van der Waals surface area contributed by atoms with E-state index in [1.54, 1.807) is 15.5 Å². The number of nitrogens with zero attached hydrogens (tertiary/aromatic N) is 3. The standard InChI is InChI=1S/C33H43FN6O6S/c1-3-18(2)28(36-27(41)7-5-4-6-26-29-23(17-47-26)35-33(46)37-29)31(43)39-12-10-38(11-13-39)25-15-24-20(14-22(25)34)30(42)21(32(44)45)16-40(24)19-8-9-19/h14-16,18-19,23,26,28-29H,3-13,17H2,1-2H3,(H,36,41)(H,44,45)(H2,35,37,46)/t18-,23-,26-,28-,29-/m0/s1. The zero-order valence-corrected chi connectivity index (χ0v) is 27.6. The molecule has 0 spiro atoms. The van der Waals surface area contributed by atoms with E-state index in [2.05, 4.69) is 16.0 Å². The van der Waals surface area contributed by atoms with Gasteiger partial charge in [0.25, 0.3) is 0 Å². The lowest BCUT2D eigenvalue weighted by Gasteiger charge is -2.38. The van der Waals surface area contributed by atoms with Gasteiger partial charge in [-0.25, -0.2) is 14.0 Å². The highest BCUT2D eigenvalue weighted by atomic mass is 32.2. The zero-order valence-electron chi connectivity index (χ0n) is 26.8. The maximum absolute atomic E-state index is 15.4. The van der Waals surface area contributed by atoms with Crippen molar-refractivity contribution in [2.45, 2.75) is 88.2 Å². The molecule has 14 heteroatoms. The Morgan fingerprint density at radius 2 is 1.85 bits per heavy atom. The van der Waals surface area contributed by atoms with Gasteiger partial charge >= 0.3 is 12.0 Å². The van der Waals surface area contributed by atoms with Crippen LogP contribution in [0.5, 0.6) is 0 Å². The molecule has 254 valence electrons. The fraction of sp³-hybridized carbons (Fsp3) is 0.606. The molecule has 4 heterocycles. The molecular weight excluding hydrogens is 627 g/mol. The molecule has 1 aliphatic carbocycles. The van der Waals surface area contributed by atoms with Crippen LogP contribution in [0.3, 0.4) is 0 Å². The van der Waals surface area contributed by atoms with Gasteiger partial charge in [0.05, 0.1) is 23.3 Å². The number of anilines is 1. The number of thioether (sulfide) groups is 1. The average molecular weight is 671 g/mol. The molecule has 1 aromatic heterocycles. The van der Waals surface area contributed by atoms with Crippen molar-refractivity contribution in [1.29, 1.82) is 0 Å². The van der Waals surface area contributed by atoms with Gasteiger partial charge in [0.1, 0.15) is 17.4 Å². The van der Waals surface area contributed by atoms with Crippen LogP contribution < -0.4 is 26.3 Å². The number of carbonyl (C=O) groups excluding carboxylic acids is 3. The van der Waals surface area contributed by atoms with Gasteiger partial charge in [0.2, 0.25) is 17.2 Å². The third kappa shape index (κ3) is 6.93. The van der Waals surface area contributed by atoms with Crippen LogP contribution in [0.1, 0.15) is 75.2 Å². The molecule has 4 aliphatic rings. The number of rotatable bonds is 12. The Labute approximate surface area is 276 Å². The summed E-state index contributed by atoms with van der Waals surface area (Å²) in [5, 5.41) is 18.8. The summed E-state index contributed by atoms with van der Waals surface area (Å²) in [7, 11) is 0. The Kier molecular flexibility index (Phi) is 9.67. The molecular formula is C33H43FN6O6S. The number of aromatic carboxylic acids is 1. The maximum Gasteiger partial charge on any atom is 0.341 e. The molecule has 6 rings (SSSR count). The number of benzene rings is 1. The molecule has 2 aromatic rings. The third-order valence-corrected chi connectivity index (χ3v) is 11.6. The molecule has 3 aliphatic heterocycles. The number of piperazine rings is 1. The number of pyridine rings is 1. The molecule has 1 saturated carbocycles. The van der Waals surface area contributed by atoms with Crippen molar-refractivity contribution in [2.24, 2.45) is 5.92 Å². The van der Waals surface area contributed by atoms with Crippen molar-refractivity contribution in [3.63, 3.8) is 0 Å². The molecule has 5 atom stereocenters. The summed E-state index contributed by atoms with van der Waals surface area (Å²) in [5.74, 6) is -1.41. The van der Waals surface area contributed by atoms with Gasteiger partial charge in [-0.15, -0.1) is 0 Å². The zero-order chi connectivity index (χ0) is 33.4. The summed E-state index contributed by atoms with van der Waals surface area (Å²) in [4.78, 5) is 66.4. The number of amides is 4. The van der Waals surface area contributed by atoms with Crippen molar-refractivity contribution in [1.82, 2.24) is 25.4 Å². The van der Waals surface area contributed by atoms with Crippen LogP contribution in [0.2, 0.25) is 0 Å². The fourth-order valence-electron chi connectivity index (χ4n) is 6.98. The first kappa shape index (κ1) is 33.1. The van der Waals surface area contributed by atoms with E-state index in [1.807, 2.05) is 30.5 Å². The second-order valence-electron chi connectivity index (χ2n) is 13.2. The molecule has 12 nitrogen and oxygen atoms in total. The Morgan fingerprint density at radius 1 is 1.11 bits per heavy atom. The fourth-order valence-corrected chi connectivity index (χ4v) is 8.52. The number of carbonyl (C=O) groups is 4. The lowest BCUT2D eigenvalue weighted by Crippen LogP contribution is -2.56. The lowest BCUT2D eigenvalue weighted by atomic mass is 9.97. The molecule has 4 N–H and O–H groups in total. The number of fused-ring (bicyclic) bond motifs is 2. The first-order valence-corrected chi connectivity index (χ1v) is 17.7. The van der Waals surface area contributed by atoms with Gasteiger partial charge in [0, 0.05) is 61.2 Å². The normalized spacial score (nSPS) is 23.6. The van der Waals surface area contributed by atoms with Crippen LogP contribution in [0.4, 0.5) is 14.9 Å². The predicted molar refractivity (Wildman–Crippen MR) is 178 cm³/mol. The Morgan fingerprint density at radius 3 is 2.53 bits per heavy atom. The van der Waals surface area contributed by atoms with Crippen molar-refractivity contribution >= 4 is 52.2 Å². The molecule has 3 saturated heterocycles. The number of nitrogens with one attached hydrogen (secondary N) is 3. The molecule has 4 amide bonds. The SMILES string of the molecule is CC[C@H](C)[C@H](NC(=O)CCCC[C@@H]1SC[C@@H]2NC(=O)N[C@@H]21)C(=O)N1CCN(c2cc3c(cc2F)c(=O)c(C(=O)O)cn3C2CC2)CC1. The summed E-state index contributed by atoms with van der Waals surface area (Å²) in [6, 6.07) is 2.40. The van der Waals surface area contributed by atoms with Gasteiger partial charge in [-0.1, -0.05) is 26.7 Å². The monoisotopic (exact) mass is 670 g/mol. The van der Waals surface area contributed by atoms with Gasteiger partial charge in [-0.3, -0.25) is 14.4 Å². The van der Waals surface area contributed by atoms with E-state index < -0.39 is 23.3 Å². The molecule has 4 fully saturated rings. The van der Waals surface area contributed by atoms with Crippen LogP contribution in [0, 0.1) is 11.7 Å². The highest BCUT2D eigenvalue weighted by Gasteiger charge is 2.42. The van der Waals surface area contributed by atoms with E-state index in [1.165, 1.54) is 6.20 Å². The molecule has 0 bridgehead atoms. The predicted octanol–water partition coefficient (Wildman–Crippen LogP) is 3.08. The minimum Gasteiger partial charge on any atom is -0.477 e. The Bertz CT molecular complexity index is 1620. The number of carboxylic acid groups (broad SMARTS) is 1. The first-order valence-electron chi connectivity index (χ1n) is 16.7. The van der Waals surface area contributed by atoms with Crippen LogP contribution in [0.25, 0.3) is 10.9 Å². The van der Waals surface area contributed by atoms with Crippen LogP contribution in [-0.2, 0) is 9.59 Å². The summed E-state index contributed by atoms with van der Waals surface area (Å²) < 4.78 is 17.2.